The van der Waals surface area contributed by atoms with Gasteiger partial charge in [0.15, 0.2) is 15.2 Å². The molecule has 0 saturated carbocycles. The molecule has 0 saturated heterocycles. The molecule has 110 valence electrons. The Morgan fingerprint density at radius 2 is 2.19 bits per heavy atom. The number of oxime groups is 1. The first-order valence-corrected chi connectivity index (χ1v) is 7.96. The Labute approximate surface area is 131 Å². The lowest BCUT2D eigenvalue weighted by Crippen LogP contribution is -2.14. The van der Waals surface area contributed by atoms with Crippen LogP contribution in [0.4, 0.5) is 5.13 Å². The first-order chi connectivity index (χ1) is 9.95. The van der Waals surface area contributed by atoms with Gasteiger partial charge in [0, 0.05) is 12.3 Å². The molecular weight excluding hydrogens is 334 g/mol. The van der Waals surface area contributed by atoms with E-state index in [9.17, 15) is 9.59 Å². The fourth-order valence-corrected chi connectivity index (χ4v) is 3.34. The molecule has 0 fully saturated rings. The molecule has 0 amide bonds. The van der Waals surface area contributed by atoms with E-state index >= 15 is 0 Å². The number of carbonyl (C=O) groups is 2. The summed E-state index contributed by atoms with van der Waals surface area (Å²) in [5, 5.41) is 13.3. The summed E-state index contributed by atoms with van der Waals surface area (Å²) in [6.45, 7) is 2.96. The average Bonchev–Trinajstić information content (AvgIpc) is 2.99. The molecule has 21 heavy (non-hydrogen) atoms. The highest BCUT2D eigenvalue weighted by molar-refractivity contribution is 8.16. The number of hydrogen-bond acceptors (Lipinski definition) is 11. The Hall–Kier alpha value is -1.85. The number of thioether (sulfide) groups is 1. The second-order valence-electron chi connectivity index (χ2n) is 3.57. The van der Waals surface area contributed by atoms with Gasteiger partial charge in [0.05, 0.1) is 0 Å². The standard InChI is InChI=1S/C10H9N5O3S3/c1-4-13-14-10(20-4)21-8(17)7(15-18-5(2)16)6-3-19-9(11)12-6/h3H,1-2H3,(H2,11,12)/b15-7-. The van der Waals surface area contributed by atoms with Gasteiger partial charge in [-0.15, -0.1) is 21.5 Å². The van der Waals surface area contributed by atoms with Crippen molar-refractivity contribution >= 4 is 56.4 Å². The summed E-state index contributed by atoms with van der Waals surface area (Å²) in [6.07, 6.45) is 0. The second kappa shape index (κ2) is 6.74. The van der Waals surface area contributed by atoms with Gasteiger partial charge < -0.3 is 10.6 Å². The Balaban J connectivity index is 2.24. The van der Waals surface area contributed by atoms with Crippen molar-refractivity contribution in [3.05, 3.63) is 16.1 Å². The van der Waals surface area contributed by atoms with Crippen LogP contribution in [0, 0.1) is 6.92 Å². The maximum absolute atomic E-state index is 12.2. The monoisotopic (exact) mass is 343 g/mol. The molecule has 11 heteroatoms. The zero-order valence-electron chi connectivity index (χ0n) is 10.9. The van der Waals surface area contributed by atoms with Crippen molar-refractivity contribution in [1.29, 1.82) is 0 Å². The number of aryl methyl sites for hydroxylation is 1. The molecule has 0 unspecified atom stereocenters. The van der Waals surface area contributed by atoms with E-state index in [2.05, 4.69) is 25.2 Å². The molecule has 0 aliphatic heterocycles. The van der Waals surface area contributed by atoms with Gasteiger partial charge in [0.25, 0.3) is 5.12 Å². The van der Waals surface area contributed by atoms with E-state index in [-0.39, 0.29) is 16.5 Å². The van der Waals surface area contributed by atoms with Gasteiger partial charge in [-0.1, -0.05) is 16.5 Å². The first kappa shape index (κ1) is 15.5. The topological polar surface area (TPSA) is 120 Å². The van der Waals surface area contributed by atoms with Crippen molar-refractivity contribution < 1.29 is 14.4 Å². The van der Waals surface area contributed by atoms with Gasteiger partial charge in [-0.2, -0.15) is 0 Å². The number of aromatic nitrogens is 3. The molecule has 0 radical (unpaired) electrons. The molecule has 2 aromatic rings. The number of nitrogens with two attached hydrogens (primary N) is 1. The first-order valence-electron chi connectivity index (χ1n) is 5.45. The summed E-state index contributed by atoms with van der Waals surface area (Å²) >= 11 is 3.26. The van der Waals surface area contributed by atoms with Crippen LogP contribution in [0.3, 0.4) is 0 Å². The lowest BCUT2D eigenvalue weighted by atomic mass is 10.3. The largest absolute Gasteiger partial charge is 0.375 e. The normalized spacial score (nSPS) is 11.4. The quantitative estimate of drug-likeness (QED) is 0.383. The van der Waals surface area contributed by atoms with Crippen molar-refractivity contribution in [3.8, 4) is 0 Å². The Morgan fingerprint density at radius 1 is 1.43 bits per heavy atom. The van der Waals surface area contributed by atoms with Crippen LogP contribution >= 0.6 is 34.4 Å². The summed E-state index contributed by atoms with van der Waals surface area (Å²) in [5.41, 5.74) is 5.68. The second-order valence-corrected chi connectivity index (χ2v) is 6.86. The summed E-state index contributed by atoms with van der Waals surface area (Å²) in [7, 11) is 0. The minimum Gasteiger partial charge on any atom is -0.375 e. The summed E-state index contributed by atoms with van der Waals surface area (Å²) in [4.78, 5) is 31.6. The van der Waals surface area contributed by atoms with E-state index in [0.29, 0.717) is 4.34 Å². The van der Waals surface area contributed by atoms with Crippen LogP contribution in [0.15, 0.2) is 14.9 Å². The summed E-state index contributed by atoms with van der Waals surface area (Å²) in [5.74, 6) is -0.639. The number of thiazole rings is 1. The third-order valence-corrected chi connectivity index (χ3v) is 4.35. The van der Waals surface area contributed by atoms with Crippen molar-refractivity contribution in [1.82, 2.24) is 15.2 Å². The Kier molecular flexibility index (Phi) is 4.98. The lowest BCUT2D eigenvalue weighted by molar-refractivity contribution is -0.140. The predicted octanol–water partition coefficient (Wildman–Crippen LogP) is 1.47. The van der Waals surface area contributed by atoms with Crippen LogP contribution in [0.5, 0.6) is 0 Å². The van der Waals surface area contributed by atoms with E-state index in [1.165, 1.54) is 18.3 Å². The fraction of sp³-hybridized carbons (Fsp3) is 0.200. The summed E-state index contributed by atoms with van der Waals surface area (Å²) in [6, 6.07) is 0. The molecule has 0 aromatic carbocycles. The van der Waals surface area contributed by atoms with E-state index in [1.54, 1.807) is 12.3 Å². The third-order valence-electron chi connectivity index (χ3n) is 1.91. The SMILES string of the molecule is CC(=O)O/N=C(\C(=O)Sc1nnc(C)s1)c1csc(N)n1. The van der Waals surface area contributed by atoms with E-state index in [1.807, 2.05) is 0 Å². The third kappa shape index (κ3) is 4.31. The minimum absolute atomic E-state index is 0.101. The number of nitrogen functional groups attached to an aromatic ring is 1. The molecular formula is C10H9N5O3S3. The number of carbonyl (C=O) groups excluding carboxylic acids is 2. The van der Waals surface area contributed by atoms with Crippen molar-refractivity contribution in [2.75, 3.05) is 5.73 Å². The average molecular weight is 343 g/mol. The number of rotatable bonds is 4. The fourth-order valence-electron chi connectivity index (χ4n) is 1.14. The molecule has 0 atom stereocenters. The van der Waals surface area contributed by atoms with Gasteiger partial charge >= 0.3 is 5.97 Å². The van der Waals surface area contributed by atoms with Crippen molar-refractivity contribution in [2.45, 2.75) is 18.2 Å². The minimum atomic E-state index is -0.639. The molecule has 8 nitrogen and oxygen atoms in total. The molecule has 2 rings (SSSR count). The predicted molar refractivity (Wildman–Crippen MR) is 80.3 cm³/mol. The van der Waals surface area contributed by atoms with Crippen LogP contribution in [-0.4, -0.2) is 32.0 Å². The van der Waals surface area contributed by atoms with Crippen molar-refractivity contribution in [2.24, 2.45) is 5.16 Å². The number of anilines is 1. The molecule has 0 spiro atoms. The van der Waals surface area contributed by atoms with Gasteiger partial charge in [-0.25, -0.2) is 9.78 Å². The van der Waals surface area contributed by atoms with Crippen LogP contribution < -0.4 is 5.73 Å². The molecule has 2 heterocycles. The van der Waals surface area contributed by atoms with Gasteiger partial charge in [0.1, 0.15) is 10.7 Å². The highest BCUT2D eigenvalue weighted by atomic mass is 32.2. The molecule has 2 N–H and O–H groups in total. The Bertz CT molecular complexity index is 708. The maximum Gasteiger partial charge on any atom is 0.332 e. The van der Waals surface area contributed by atoms with Crippen LogP contribution in [0.2, 0.25) is 0 Å². The highest BCUT2D eigenvalue weighted by Crippen LogP contribution is 2.25. The molecule has 0 bridgehead atoms. The number of nitrogens with zero attached hydrogens (tertiary/aromatic N) is 4. The molecule has 0 aliphatic carbocycles. The molecule has 0 aliphatic rings. The zero-order valence-corrected chi connectivity index (χ0v) is 13.3. The highest BCUT2D eigenvalue weighted by Gasteiger charge is 2.21. The van der Waals surface area contributed by atoms with Crippen LogP contribution in [0.1, 0.15) is 17.6 Å². The van der Waals surface area contributed by atoms with Gasteiger partial charge in [-0.3, -0.25) is 4.79 Å². The summed E-state index contributed by atoms with van der Waals surface area (Å²) < 4.78 is 0.469. The van der Waals surface area contributed by atoms with Gasteiger partial charge in [0.2, 0.25) is 0 Å². The van der Waals surface area contributed by atoms with E-state index in [4.69, 9.17) is 5.73 Å². The van der Waals surface area contributed by atoms with E-state index in [0.717, 1.165) is 28.1 Å². The van der Waals surface area contributed by atoms with E-state index < -0.39 is 11.1 Å². The smallest absolute Gasteiger partial charge is 0.332 e. The number of hydrogen-bond donors (Lipinski definition) is 1. The van der Waals surface area contributed by atoms with Gasteiger partial charge in [-0.05, 0) is 18.7 Å². The van der Waals surface area contributed by atoms with Crippen molar-refractivity contribution in [3.63, 3.8) is 0 Å². The van der Waals surface area contributed by atoms with Crippen LogP contribution in [0.25, 0.3) is 0 Å². The lowest BCUT2D eigenvalue weighted by Gasteiger charge is -1.99. The molecule has 2 aromatic heterocycles. The Morgan fingerprint density at radius 3 is 2.71 bits per heavy atom. The van der Waals surface area contributed by atoms with Crippen LogP contribution in [-0.2, 0) is 14.4 Å². The maximum atomic E-state index is 12.2. The zero-order chi connectivity index (χ0) is 15.4.